The van der Waals surface area contributed by atoms with Crippen LogP contribution in [0.4, 0.5) is 0 Å². The Hall–Kier alpha value is -0.0800. The quantitative estimate of drug-likeness (QED) is 0.592. The van der Waals surface area contributed by atoms with Gasteiger partial charge in [-0.05, 0) is 39.2 Å². The van der Waals surface area contributed by atoms with Crippen molar-refractivity contribution in [3.8, 4) is 0 Å². The molecule has 1 unspecified atom stereocenters. The van der Waals surface area contributed by atoms with Gasteiger partial charge in [0.1, 0.15) is 0 Å². The van der Waals surface area contributed by atoms with Crippen LogP contribution in [0.5, 0.6) is 0 Å². The molecule has 1 atom stereocenters. The molecule has 0 saturated heterocycles. The van der Waals surface area contributed by atoms with E-state index in [0.29, 0.717) is 0 Å². The van der Waals surface area contributed by atoms with E-state index < -0.39 is 0 Å². The molecule has 1 aliphatic rings. The summed E-state index contributed by atoms with van der Waals surface area (Å²) < 4.78 is 0. The molecule has 1 rings (SSSR count). The van der Waals surface area contributed by atoms with Crippen LogP contribution in [-0.2, 0) is 0 Å². The zero-order valence-electron chi connectivity index (χ0n) is 12.2. The van der Waals surface area contributed by atoms with Crippen molar-refractivity contribution < 1.29 is 0 Å². The van der Waals surface area contributed by atoms with Gasteiger partial charge in [-0.2, -0.15) is 0 Å². The minimum absolute atomic E-state index is 0.255. The van der Waals surface area contributed by atoms with E-state index >= 15 is 0 Å². The summed E-state index contributed by atoms with van der Waals surface area (Å²) in [5.41, 5.74) is 6.33. The molecular weight excluding hydrogens is 208 g/mol. The van der Waals surface area contributed by atoms with Crippen molar-refractivity contribution in [2.45, 2.75) is 83.7 Å². The fourth-order valence-corrected chi connectivity index (χ4v) is 2.82. The highest BCUT2D eigenvalue weighted by Crippen LogP contribution is 2.35. The van der Waals surface area contributed by atoms with Crippen LogP contribution in [0.2, 0.25) is 0 Å². The number of rotatable bonds is 10. The van der Waals surface area contributed by atoms with E-state index in [1.54, 1.807) is 0 Å². The van der Waals surface area contributed by atoms with Crippen molar-refractivity contribution in [2.24, 2.45) is 5.73 Å². The van der Waals surface area contributed by atoms with Gasteiger partial charge in [0, 0.05) is 18.1 Å². The molecule has 2 nitrogen and oxygen atoms in total. The molecular formula is C15H32N2. The first-order chi connectivity index (χ1) is 8.18. The van der Waals surface area contributed by atoms with Gasteiger partial charge in [-0.25, -0.2) is 0 Å². The van der Waals surface area contributed by atoms with Crippen LogP contribution in [0, 0.1) is 0 Å². The average Bonchev–Trinajstić information content (AvgIpc) is 3.15. The van der Waals surface area contributed by atoms with E-state index in [1.807, 2.05) is 0 Å². The molecule has 0 aliphatic heterocycles. The Morgan fingerprint density at radius 2 is 1.82 bits per heavy atom. The van der Waals surface area contributed by atoms with Gasteiger partial charge in [-0.15, -0.1) is 0 Å². The fraction of sp³-hybridized carbons (Fsp3) is 1.00. The van der Waals surface area contributed by atoms with Gasteiger partial charge in [-0.1, -0.05) is 39.5 Å². The highest BCUT2D eigenvalue weighted by molar-refractivity contribution is 4.96. The van der Waals surface area contributed by atoms with Crippen LogP contribution in [0.1, 0.15) is 72.1 Å². The fourth-order valence-electron chi connectivity index (χ4n) is 2.82. The largest absolute Gasteiger partial charge is 0.329 e. The smallest absolute Gasteiger partial charge is 0.0306 e. The Balaban J connectivity index is 2.45. The van der Waals surface area contributed by atoms with Crippen LogP contribution >= 0.6 is 0 Å². The molecule has 0 aromatic carbocycles. The molecule has 0 amide bonds. The molecule has 0 bridgehead atoms. The van der Waals surface area contributed by atoms with Crippen molar-refractivity contribution in [3.63, 3.8) is 0 Å². The third kappa shape index (κ3) is 4.59. The summed E-state index contributed by atoms with van der Waals surface area (Å²) in [4.78, 5) is 2.71. The van der Waals surface area contributed by atoms with E-state index in [4.69, 9.17) is 5.73 Å². The van der Waals surface area contributed by atoms with Gasteiger partial charge in [0.25, 0.3) is 0 Å². The van der Waals surface area contributed by atoms with Gasteiger partial charge in [0.15, 0.2) is 0 Å². The Kier molecular flexibility index (Phi) is 6.50. The highest BCUT2D eigenvalue weighted by Gasteiger charge is 2.39. The monoisotopic (exact) mass is 240 g/mol. The molecule has 0 spiro atoms. The maximum Gasteiger partial charge on any atom is 0.0306 e. The molecule has 0 aromatic heterocycles. The molecule has 0 radical (unpaired) electrons. The van der Waals surface area contributed by atoms with Crippen LogP contribution in [-0.4, -0.2) is 29.6 Å². The number of nitrogens with zero attached hydrogens (tertiary/aromatic N) is 1. The van der Waals surface area contributed by atoms with Crippen molar-refractivity contribution in [1.29, 1.82) is 0 Å². The summed E-state index contributed by atoms with van der Waals surface area (Å²) >= 11 is 0. The minimum Gasteiger partial charge on any atom is -0.329 e. The lowest BCUT2D eigenvalue weighted by molar-refractivity contribution is 0.0893. The molecule has 0 heterocycles. The van der Waals surface area contributed by atoms with E-state index in [9.17, 15) is 0 Å². The lowest BCUT2D eigenvalue weighted by Gasteiger charge is -2.41. The molecule has 1 aliphatic carbocycles. The summed E-state index contributed by atoms with van der Waals surface area (Å²) in [5, 5.41) is 0. The normalized spacial score (nSPS) is 19.6. The van der Waals surface area contributed by atoms with Crippen LogP contribution < -0.4 is 5.73 Å². The van der Waals surface area contributed by atoms with Gasteiger partial charge >= 0.3 is 0 Å². The van der Waals surface area contributed by atoms with E-state index in [-0.39, 0.29) is 5.54 Å². The Morgan fingerprint density at radius 1 is 1.12 bits per heavy atom. The van der Waals surface area contributed by atoms with E-state index in [2.05, 4.69) is 25.7 Å². The molecule has 0 aromatic rings. The van der Waals surface area contributed by atoms with Gasteiger partial charge < -0.3 is 5.73 Å². The predicted octanol–water partition coefficient (Wildman–Crippen LogP) is 3.55. The highest BCUT2D eigenvalue weighted by atomic mass is 15.2. The molecule has 2 heteroatoms. The molecule has 17 heavy (non-hydrogen) atoms. The summed E-state index contributed by atoms with van der Waals surface area (Å²) in [6.07, 6.45) is 10.7. The van der Waals surface area contributed by atoms with Crippen molar-refractivity contribution in [1.82, 2.24) is 4.90 Å². The van der Waals surface area contributed by atoms with Crippen LogP contribution in [0.25, 0.3) is 0 Å². The van der Waals surface area contributed by atoms with Crippen LogP contribution in [0.15, 0.2) is 0 Å². The molecule has 102 valence electrons. The second-order valence-corrected chi connectivity index (χ2v) is 5.94. The number of hydrogen-bond donors (Lipinski definition) is 1. The number of unbranched alkanes of at least 4 members (excludes halogenated alkanes) is 3. The molecule has 2 N–H and O–H groups in total. The zero-order valence-corrected chi connectivity index (χ0v) is 12.2. The Labute approximate surface area is 108 Å². The standard InChI is InChI=1S/C15H32N2/c1-4-6-7-8-11-15(3,13-16)17(12-5-2)14-9-10-14/h14H,4-13,16H2,1-3H3. The lowest BCUT2D eigenvalue weighted by atomic mass is 9.91. The van der Waals surface area contributed by atoms with Gasteiger partial charge in [0.05, 0.1) is 0 Å². The predicted molar refractivity (Wildman–Crippen MR) is 76.2 cm³/mol. The molecule has 1 saturated carbocycles. The maximum absolute atomic E-state index is 6.08. The summed E-state index contributed by atoms with van der Waals surface area (Å²) in [7, 11) is 0. The lowest BCUT2D eigenvalue weighted by Crippen LogP contribution is -2.53. The molecule has 1 fully saturated rings. The first kappa shape index (κ1) is 15.0. The summed E-state index contributed by atoms with van der Waals surface area (Å²) in [5.74, 6) is 0. The van der Waals surface area contributed by atoms with Gasteiger partial charge in [-0.3, -0.25) is 4.90 Å². The summed E-state index contributed by atoms with van der Waals surface area (Å²) in [6, 6.07) is 0.842. The maximum atomic E-state index is 6.08. The van der Waals surface area contributed by atoms with Gasteiger partial charge in [0.2, 0.25) is 0 Å². The number of nitrogens with two attached hydrogens (primary N) is 1. The van der Waals surface area contributed by atoms with Crippen molar-refractivity contribution in [2.75, 3.05) is 13.1 Å². The SMILES string of the molecule is CCCCCCC(C)(CN)N(CCC)C1CC1. The number of hydrogen-bond acceptors (Lipinski definition) is 2. The van der Waals surface area contributed by atoms with Crippen molar-refractivity contribution in [3.05, 3.63) is 0 Å². The second-order valence-electron chi connectivity index (χ2n) is 5.94. The third-order valence-corrected chi connectivity index (χ3v) is 4.15. The minimum atomic E-state index is 0.255. The first-order valence-corrected chi connectivity index (χ1v) is 7.64. The zero-order chi connectivity index (χ0) is 12.7. The third-order valence-electron chi connectivity index (χ3n) is 4.15. The van der Waals surface area contributed by atoms with Crippen molar-refractivity contribution >= 4 is 0 Å². The average molecular weight is 240 g/mol. The van der Waals surface area contributed by atoms with E-state index in [0.717, 1.165) is 12.6 Å². The second kappa shape index (κ2) is 7.38. The first-order valence-electron chi connectivity index (χ1n) is 7.64. The van der Waals surface area contributed by atoms with Crippen LogP contribution in [0.3, 0.4) is 0 Å². The topological polar surface area (TPSA) is 29.3 Å². The Morgan fingerprint density at radius 3 is 2.29 bits per heavy atom. The van der Waals surface area contributed by atoms with E-state index in [1.165, 1.54) is 57.9 Å². The Bertz CT molecular complexity index is 201. The summed E-state index contributed by atoms with van der Waals surface area (Å²) in [6.45, 7) is 8.98.